The fourth-order valence-corrected chi connectivity index (χ4v) is 4.61. The van der Waals surface area contributed by atoms with Crippen LogP contribution in [0.4, 0.5) is 5.69 Å². The molecule has 0 aliphatic carbocycles. The first-order valence-corrected chi connectivity index (χ1v) is 8.60. The van der Waals surface area contributed by atoms with Crippen molar-refractivity contribution in [3.8, 4) is 11.8 Å². The molecule has 2 aromatic carbocycles. The highest BCUT2D eigenvalue weighted by Crippen LogP contribution is 2.58. The monoisotopic (exact) mass is 361 g/mol. The van der Waals surface area contributed by atoms with E-state index in [9.17, 15) is 10.1 Å². The molecule has 1 atom stereocenters. The number of anilines is 1. The zero-order valence-corrected chi connectivity index (χ0v) is 14.1. The minimum absolute atomic E-state index is 0.0641. The number of nitriles is 1. The second-order valence-electron chi connectivity index (χ2n) is 6.02. The van der Waals surface area contributed by atoms with Crippen LogP contribution in [0.5, 0.6) is 5.75 Å². The normalized spacial score (nSPS) is 22.7. The Balaban J connectivity index is 1.89. The van der Waals surface area contributed by atoms with Crippen molar-refractivity contribution in [2.45, 2.75) is 5.41 Å². The van der Waals surface area contributed by atoms with Gasteiger partial charge < -0.3 is 20.0 Å². The Morgan fingerprint density at radius 3 is 2.77 bits per heavy atom. The lowest BCUT2D eigenvalue weighted by Gasteiger charge is -2.36. The van der Waals surface area contributed by atoms with Gasteiger partial charge in [0.05, 0.1) is 22.5 Å². The molecule has 5 rings (SSSR count). The van der Waals surface area contributed by atoms with Crippen LogP contribution in [0, 0.1) is 11.3 Å². The van der Waals surface area contributed by atoms with E-state index >= 15 is 0 Å². The molecule has 26 heavy (non-hydrogen) atoms. The Morgan fingerprint density at radius 2 is 1.92 bits per heavy atom. The maximum absolute atomic E-state index is 13.2. The van der Waals surface area contributed by atoms with Crippen molar-refractivity contribution in [2.24, 2.45) is 5.73 Å². The molecule has 0 bridgehead atoms. The van der Waals surface area contributed by atoms with Crippen molar-refractivity contribution >= 4 is 29.4 Å². The van der Waals surface area contributed by atoms with Gasteiger partial charge in [-0.2, -0.15) is 5.26 Å². The molecule has 0 aromatic heterocycles. The SMILES string of the molecule is N#CC1=C(N)OC2=C(SOc3ccccc32)C12C(=O)Nc1ccccc12. The molecule has 0 saturated heterocycles. The lowest BCUT2D eigenvalue weighted by molar-refractivity contribution is -0.118. The molecule has 0 saturated carbocycles. The highest BCUT2D eigenvalue weighted by molar-refractivity contribution is 7.99. The smallest absolute Gasteiger partial charge is 0.245 e. The summed E-state index contributed by atoms with van der Waals surface area (Å²) in [5.74, 6) is 0.645. The maximum atomic E-state index is 13.2. The van der Waals surface area contributed by atoms with E-state index in [0.717, 1.165) is 12.0 Å². The Labute approximate surface area is 153 Å². The minimum atomic E-state index is -1.37. The number of ether oxygens (including phenoxy) is 1. The van der Waals surface area contributed by atoms with Crippen LogP contribution in [0.15, 0.2) is 64.9 Å². The number of nitrogens with one attached hydrogen (secondary N) is 1. The van der Waals surface area contributed by atoms with Gasteiger partial charge in [-0.1, -0.05) is 30.3 Å². The molecule has 1 spiro atoms. The van der Waals surface area contributed by atoms with E-state index in [1.54, 1.807) is 6.07 Å². The maximum Gasteiger partial charge on any atom is 0.245 e. The number of benzene rings is 2. The molecule has 3 N–H and O–H groups in total. The van der Waals surface area contributed by atoms with Crippen molar-refractivity contribution in [1.82, 2.24) is 0 Å². The van der Waals surface area contributed by atoms with Crippen LogP contribution in [0.3, 0.4) is 0 Å². The van der Waals surface area contributed by atoms with E-state index in [0.29, 0.717) is 33.2 Å². The Hall–Kier alpha value is -3.37. The van der Waals surface area contributed by atoms with E-state index in [1.165, 1.54) is 0 Å². The Kier molecular flexibility index (Phi) is 2.91. The summed E-state index contributed by atoms with van der Waals surface area (Å²) in [5.41, 5.74) is 6.79. The highest BCUT2D eigenvalue weighted by atomic mass is 32.2. The van der Waals surface area contributed by atoms with Crippen molar-refractivity contribution < 1.29 is 13.7 Å². The van der Waals surface area contributed by atoms with Crippen molar-refractivity contribution in [2.75, 3.05) is 5.32 Å². The largest absolute Gasteiger partial charge is 0.439 e. The molecule has 1 amide bonds. The molecule has 3 aliphatic rings. The van der Waals surface area contributed by atoms with Gasteiger partial charge in [0, 0.05) is 11.3 Å². The van der Waals surface area contributed by atoms with Gasteiger partial charge >= 0.3 is 0 Å². The number of nitrogens with two attached hydrogens (primary N) is 1. The summed E-state index contributed by atoms with van der Waals surface area (Å²) in [5, 5.41) is 12.7. The molecule has 7 heteroatoms. The molecule has 3 aliphatic heterocycles. The lowest BCUT2D eigenvalue weighted by Crippen LogP contribution is -2.42. The van der Waals surface area contributed by atoms with Crippen LogP contribution < -0.4 is 15.2 Å². The van der Waals surface area contributed by atoms with Gasteiger partial charge in [0.1, 0.15) is 17.4 Å². The van der Waals surface area contributed by atoms with Crippen LogP contribution in [0.25, 0.3) is 5.76 Å². The second-order valence-corrected chi connectivity index (χ2v) is 6.77. The summed E-state index contributed by atoms with van der Waals surface area (Å²) >= 11 is 1.03. The van der Waals surface area contributed by atoms with Crippen LogP contribution >= 0.6 is 12.0 Å². The van der Waals surface area contributed by atoms with Crippen LogP contribution in [0.2, 0.25) is 0 Å². The molecule has 2 aromatic rings. The Bertz CT molecular complexity index is 1100. The van der Waals surface area contributed by atoms with Gasteiger partial charge in [0.25, 0.3) is 0 Å². The van der Waals surface area contributed by atoms with Crippen molar-refractivity contribution in [3.63, 3.8) is 0 Å². The second kappa shape index (κ2) is 5.07. The molecule has 0 fully saturated rings. The van der Waals surface area contributed by atoms with Crippen LogP contribution in [-0.2, 0) is 14.9 Å². The zero-order valence-electron chi connectivity index (χ0n) is 13.3. The standard InChI is InChI=1S/C19H11N3O3S/c20-9-12-17(21)24-15-10-5-1-4-8-14(10)25-26-16(15)19(12)11-6-2-3-7-13(11)22-18(19)23/h1-8H,21H2,(H,22,23). The molecule has 3 heterocycles. The fourth-order valence-electron chi connectivity index (χ4n) is 3.64. The number of amides is 1. The summed E-state index contributed by atoms with van der Waals surface area (Å²) in [6.45, 7) is 0. The highest BCUT2D eigenvalue weighted by Gasteiger charge is 2.59. The lowest BCUT2D eigenvalue weighted by atomic mass is 9.73. The summed E-state index contributed by atoms with van der Waals surface area (Å²) in [4.78, 5) is 13.7. The van der Waals surface area contributed by atoms with Gasteiger partial charge in [0.2, 0.25) is 11.8 Å². The van der Waals surface area contributed by atoms with Gasteiger partial charge in [-0.3, -0.25) is 4.79 Å². The Morgan fingerprint density at radius 1 is 1.15 bits per heavy atom. The third kappa shape index (κ3) is 1.64. The zero-order chi connectivity index (χ0) is 17.9. The predicted octanol–water partition coefficient (Wildman–Crippen LogP) is 3.01. The molecule has 1 unspecified atom stereocenters. The number of hydrogen-bond acceptors (Lipinski definition) is 6. The topological polar surface area (TPSA) is 97.4 Å². The van der Waals surface area contributed by atoms with Gasteiger partial charge in [-0.15, -0.1) is 0 Å². The first kappa shape index (κ1) is 14.9. The van der Waals surface area contributed by atoms with E-state index in [1.807, 2.05) is 42.5 Å². The number of hydrogen-bond donors (Lipinski definition) is 2. The molecular weight excluding hydrogens is 350 g/mol. The van der Waals surface area contributed by atoms with E-state index < -0.39 is 5.41 Å². The van der Waals surface area contributed by atoms with E-state index in [-0.39, 0.29) is 17.4 Å². The first-order valence-electron chi connectivity index (χ1n) is 7.85. The number of rotatable bonds is 0. The summed E-state index contributed by atoms with van der Waals surface area (Å²) in [6.07, 6.45) is 0. The van der Waals surface area contributed by atoms with Crippen LogP contribution in [-0.4, -0.2) is 5.91 Å². The molecule has 6 nitrogen and oxygen atoms in total. The number of nitrogens with zero attached hydrogens (tertiary/aromatic N) is 1. The summed E-state index contributed by atoms with van der Waals surface area (Å²) in [7, 11) is 0. The minimum Gasteiger partial charge on any atom is -0.439 e. The summed E-state index contributed by atoms with van der Waals surface area (Å²) < 4.78 is 11.6. The summed E-state index contributed by atoms with van der Waals surface area (Å²) in [6, 6.07) is 16.7. The molecule has 0 radical (unpaired) electrons. The number of carbonyl (C=O) groups excluding carboxylic acids is 1. The third-order valence-corrected chi connectivity index (χ3v) is 5.68. The average molecular weight is 361 g/mol. The third-order valence-electron chi connectivity index (χ3n) is 4.76. The van der Waals surface area contributed by atoms with Gasteiger partial charge in [0.15, 0.2) is 11.2 Å². The molecular formula is C19H11N3O3S. The predicted molar refractivity (Wildman–Crippen MR) is 96.2 cm³/mol. The van der Waals surface area contributed by atoms with E-state index in [2.05, 4.69) is 11.4 Å². The van der Waals surface area contributed by atoms with Gasteiger partial charge in [-0.05, 0) is 18.2 Å². The van der Waals surface area contributed by atoms with Crippen molar-refractivity contribution in [1.29, 1.82) is 5.26 Å². The molecule has 126 valence electrons. The van der Waals surface area contributed by atoms with Crippen LogP contribution in [0.1, 0.15) is 11.1 Å². The quantitative estimate of drug-likeness (QED) is 0.700. The number of fused-ring (bicyclic) bond motifs is 5. The fraction of sp³-hybridized carbons (Fsp3) is 0.0526. The van der Waals surface area contributed by atoms with Gasteiger partial charge in [-0.25, -0.2) is 0 Å². The average Bonchev–Trinajstić information content (AvgIpc) is 2.95. The van der Waals surface area contributed by atoms with E-state index in [4.69, 9.17) is 14.7 Å². The first-order chi connectivity index (χ1) is 12.7. The number of para-hydroxylation sites is 2. The number of carbonyl (C=O) groups is 1. The van der Waals surface area contributed by atoms with Crippen molar-refractivity contribution in [3.05, 3.63) is 76.0 Å².